The second kappa shape index (κ2) is 3.88. The molecule has 1 aliphatic heterocycles. The monoisotopic (exact) mass is 210 g/mol. The molecule has 1 N–H and O–H groups in total. The van der Waals surface area contributed by atoms with Crippen LogP contribution in [0.3, 0.4) is 0 Å². The minimum absolute atomic E-state index is 0.0728. The van der Waals surface area contributed by atoms with Gasteiger partial charge in [0.05, 0.1) is 18.9 Å². The van der Waals surface area contributed by atoms with E-state index in [1.54, 1.807) is 31.1 Å². The Bertz CT molecular complexity index is 368. The third-order valence-electron chi connectivity index (χ3n) is 1.93. The summed E-state index contributed by atoms with van der Waals surface area (Å²) in [6, 6.07) is 1.72. The van der Waals surface area contributed by atoms with Crippen molar-refractivity contribution in [3.63, 3.8) is 0 Å². The predicted octanol–water partition coefficient (Wildman–Crippen LogP) is 0.926. The number of amides is 1. The first-order valence-electron chi connectivity index (χ1n) is 4.26. The van der Waals surface area contributed by atoms with Crippen molar-refractivity contribution >= 4 is 17.7 Å². The van der Waals surface area contributed by atoms with Crippen molar-refractivity contribution in [3.8, 4) is 5.75 Å². The average Bonchev–Trinajstić information content (AvgIpc) is 2.40. The highest BCUT2D eigenvalue weighted by molar-refractivity contribution is 7.99. The second-order valence-electron chi connectivity index (χ2n) is 2.83. The number of nitrogens with zero attached hydrogens (tertiary/aromatic N) is 1. The Morgan fingerprint density at radius 2 is 2.50 bits per heavy atom. The molecule has 0 atom stereocenters. The Labute approximate surface area is 86.1 Å². The third kappa shape index (κ3) is 1.68. The summed E-state index contributed by atoms with van der Waals surface area (Å²) in [6.07, 6.45) is 1.63. The summed E-state index contributed by atoms with van der Waals surface area (Å²) in [5.41, 5.74) is 0.604. The van der Waals surface area contributed by atoms with Crippen LogP contribution in [-0.2, 0) is 0 Å². The maximum Gasteiger partial charge on any atom is 0.254 e. The summed E-state index contributed by atoms with van der Waals surface area (Å²) in [5.74, 6) is 1.40. The van der Waals surface area contributed by atoms with E-state index in [-0.39, 0.29) is 5.91 Å². The number of nitrogens with one attached hydrogen (secondary N) is 1. The minimum atomic E-state index is -0.0728. The summed E-state index contributed by atoms with van der Waals surface area (Å²) >= 11 is 1.58. The van der Waals surface area contributed by atoms with Crippen molar-refractivity contribution in [1.29, 1.82) is 0 Å². The molecule has 0 aliphatic carbocycles. The van der Waals surface area contributed by atoms with Crippen LogP contribution >= 0.6 is 11.8 Å². The van der Waals surface area contributed by atoms with Gasteiger partial charge in [-0.15, -0.1) is 11.8 Å². The number of rotatable bonds is 1. The Morgan fingerprint density at radius 1 is 1.64 bits per heavy atom. The molecule has 4 nitrogen and oxygen atoms in total. The molecule has 2 rings (SSSR count). The smallest absolute Gasteiger partial charge is 0.254 e. The summed E-state index contributed by atoms with van der Waals surface area (Å²) in [7, 11) is 1.56. The second-order valence-corrected chi connectivity index (χ2v) is 3.92. The number of hydrogen-bond donors (Lipinski definition) is 1. The first-order valence-corrected chi connectivity index (χ1v) is 5.25. The zero-order valence-corrected chi connectivity index (χ0v) is 8.56. The highest BCUT2D eigenvalue weighted by atomic mass is 32.2. The van der Waals surface area contributed by atoms with Gasteiger partial charge < -0.3 is 10.1 Å². The van der Waals surface area contributed by atoms with E-state index in [0.29, 0.717) is 17.9 Å². The van der Waals surface area contributed by atoms with Crippen molar-refractivity contribution in [2.75, 3.05) is 19.4 Å². The average molecular weight is 210 g/mol. The molecule has 1 amide bonds. The van der Waals surface area contributed by atoms with Crippen LogP contribution in [0.1, 0.15) is 10.4 Å². The van der Waals surface area contributed by atoms with E-state index in [2.05, 4.69) is 10.3 Å². The number of aromatic nitrogens is 1. The maximum absolute atomic E-state index is 11.6. The van der Waals surface area contributed by atoms with E-state index in [9.17, 15) is 4.79 Å². The van der Waals surface area contributed by atoms with Gasteiger partial charge in [0, 0.05) is 12.3 Å². The number of ether oxygens (including phenoxy) is 1. The topological polar surface area (TPSA) is 51.2 Å². The van der Waals surface area contributed by atoms with Crippen molar-refractivity contribution in [2.24, 2.45) is 0 Å². The highest BCUT2D eigenvalue weighted by Crippen LogP contribution is 2.25. The molecule has 0 spiro atoms. The van der Waals surface area contributed by atoms with E-state index in [1.807, 2.05) is 0 Å². The van der Waals surface area contributed by atoms with Gasteiger partial charge in [-0.2, -0.15) is 0 Å². The summed E-state index contributed by atoms with van der Waals surface area (Å²) in [4.78, 5) is 15.7. The molecule has 0 fully saturated rings. The first kappa shape index (κ1) is 9.33. The van der Waals surface area contributed by atoms with Crippen LogP contribution < -0.4 is 10.1 Å². The Hall–Kier alpha value is -1.23. The van der Waals surface area contributed by atoms with Gasteiger partial charge in [0.2, 0.25) is 0 Å². The molecule has 0 saturated carbocycles. The minimum Gasteiger partial charge on any atom is -0.495 e. The van der Waals surface area contributed by atoms with Gasteiger partial charge in [-0.25, -0.2) is 4.98 Å². The quantitative estimate of drug-likeness (QED) is 0.749. The van der Waals surface area contributed by atoms with Gasteiger partial charge in [0.15, 0.2) is 0 Å². The van der Waals surface area contributed by atoms with Gasteiger partial charge in [0.25, 0.3) is 5.91 Å². The molecule has 0 saturated heterocycles. The number of methoxy groups -OCH3 is 1. The number of thioether (sulfide) groups is 1. The fourth-order valence-electron chi connectivity index (χ4n) is 1.23. The largest absolute Gasteiger partial charge is 0.495 e. The lowest BCUT2D eigenvalue weighted by atomic mass is 10.2. The van der Waals surface area contributed by atoms with Crippen molar-refractivity contribution < 1.29 is 9.53 Å². The zero-order valence-electron chi connectivity index (χ0n) is 7.74. The lowest BCUT2D eigenvalue weighted by molar-refractivity contribution is 0.0953. The SMILES string of the molecule is COc1cnc2c(c1)C(=O)NCCS2. The third-order valence-corrected chi connectivity index (χ3v) is 2.94. The lowest BCUT2D eigenvalue weighted by Gasteiger charge is -2.04. The number of carbonyl (C=O) groups is 1. The summed E-state index contributed by atoms with van der Waals surface area (Å²) in [5, 5.41) is 3.58. The number of carbonyl (C=O) groups excluding carboxylic acids is 1. The Kier molecular flexibility index (Phi) is 2.58. The molecule has 14 heavy (non-hydrogen) atoms. The summed E-state index contributed by atoms with van der Waals surface area (Å²) < 4.78 is 5.02. The van der Waals surface area contributed by atoms with Crippen LogP contribution in [-0.4, -0.2) is 30.3 Å². The normalized spacial score (nSPS) is 15.4. The Morgan fingerprint density at radius 3 is 3.29 bits per heavy atom. The molecule has 74 valence electrons. The molecular formula is C9H10N2O2S. The van der Waals surface area contributed by atoms with Crippen molar-refractivity contribution in [1.82, 2.24) is 10.3 Å². The fourth-order valence-corrected chi connectivity index (χ4v) is 2.06. The Balaban J connectivity index is 2.44. The van der Waals surface area contributed by atoms with E-state index in [4.69, 9.17) is 4.74 Å². The standard InChI is InChI=1S/C9H10N2O2S/c1-13-6-4-7-8(12)10-2-3-14-9(7)11-5-6/h4-5H,2-3H2,1H3,(H,10,12). The van der Waals surface area contributed by atoms with E-state index >= 15 is 0 Å². The molecule has 1 aromatic rings. The van der Waals surface area contributed by atoms with Crippen LogP contribution in [0.2, 0.25) is 0 Å². The van der Waals surface area contributed by atoms with E-state index < -0.39 is 0 Å². The van der Waals surface area contributed by atoms with Crippen LogP contribution in [0.4, 0.5) is 0 Å². The number of hydrogen-bond acceptors (Lipinski definition) is 4. The fraction of sp³-hybridized carbons (Fsp3) is 0.333. The molecule has 0 radical (unpaired) electrons. The lowest BCUT2D eigenvalue weighted by Crippen LogP contribution is -2.23. The van der Waals surface area contributed by atoms with Crippen molar-refractivity contribution in [3.05, 3.63) is 17.8 Å². The van der Waals surface area contributed by atoms with E-state index in [1.165, 1.54) is 0 Å². The van der Waals surface area contributed by atoms with Crippen LogP contribution in [0.5, 0.6) is 5.75 Å². The van der Waals surface area contributed by atoms with Crippen LogP contribution in [0.25, 0.3) is 0 Å². The molecule has 0 aromatic carbocycles. The molecule has 1 aliphatic rings. The molecule has 0 bridgehead atoms. The number of fused-ring (bicyclic) bond motifs is 1. The van der Waals surface area contributed by atoms with Gasteiger partial charge in [-0.1, -0.05) is 0 Å². The first-order chi connectivity index (χ1) is 6.81. The number of pyridine rings is 1. The van der Waals surface area contributed by atoms with Crippen LogP contribution in [0.15, 0.2) is 17.3 Å². The van der Waals surface area contributed by atoms with Gasteiger partial charge in [0.1, 0.15) is 10.8 Å². The highest BCUT2D eigenvalue weighted by Gasteiger charge is 2.17. The molecular weight excluding hydrogens is 200 g/mol. The predicted molar refractivity (Wildman–Crippen MR) is 53.8 cm³/mol. The zero-order chi connectivity index (χ0) is 9.97. The van der Waals surface area contributed by atoms with E-state index in [0.717, 1.165) is 10.8 Å². The molecule has 0 unspecified atom stereocenters. The van der Waals surface area contributed by atoms with Crippen LogP contribution in [0, 0.1) is 0 Å². The van der Waals surface area contributed by atoms with Gasteiger partial charge in [-0.05, 0) is 6.07 Å². The van der Waals surface area contributed by atoms with Crippen molar-refractivity contribution in [2.45, 2.75) is 5.03 Å². The molecule has 5 heteroatoms. The maximum atomic E-state index is 11.6. The van der Waals surface area contributed by atoms with Gasteiger partial charge in [-0.3, -0.25) is 4.79 Å². The van der Waals surface area contributed by atoms with Gasteiger partial charge >= 0.3 is 0 Å². The molecule has 1 aromatic heterocycles. The molecule has 2 heterocycles. The summed E-state index contributed by atoms with van der Waals surface area (Å²) in [6.45, 7) is 0.683.